The Labute approximate surface area is 89.9 Å². The number of hydrogen-bond acceptors (Lipinski definition) is 2. The van der Waals surface area contributed by atoms with E-state index in [-0.39, 0.29) is 0 Å². The summed E-state index contributed by atoms with van der Waals surface area (Å²) < 4.78 is 0. The van der Waals surface area contributed by atoms with Gasteiger partial charge in [0, 0.05) is 29.8 Å². The minimum absolute atomic E-state index is 0.633. The number of anilines is 1. The molecule has 3 heteroatoms. The number of nitrogens with zero attached hydrogens (tertiary/aromatic N) is 1. The van der Waals surface area contributed by atoms with Crippen LogP contribution in [-0.4, -0.2) is 26.2 Å². The van der Waals surface area contributed by atoms with Crippen LogP contribution in [-0.2, 0) is 0 Å². The molecule has 1 aromatic rings. The first-order valence-corrected chi connectivity index (χ1v) is 5.27. The molecule has 0 unspecified atom stereocenters. The second kappa shape index (κ2) is 3.79. The standard InChI is InChI=1S/C11H15ClN2/c1-8-10(12)4-3-5-11(8)14-6-9(7-14)13-2/h3-5,9,13H,6-7H2,1-2H3. The second-order valence-electron chi connectivity index (χ2n) is 3.77. The molecule has 0 spiro atoms. The fourth-order valence-electron chi connectivity index (χ4n) is 1.80. The van der Waals surface area contributed by atoms with Crippen molar-refractivity contribution in [1.82, 2.24) is 5.32 Å². The summed E-state index contributed by atoms with van der Waals surface area (Å²) in [5, 5.41) is 4.12. The Morgan fingerprint density at radius 1 is 1.43 bits per heavy atom. The van der Waals surface area contributed by atoms with Crippen LogP contribution in [0.25, 0.3) is 0 Å². The molecule has 14 heavy (non-hydrogen) atoms. The minimum Gasteiger partial charge on any atom is -0.368 e. The zero-order valence-electron chi connectivity index (χ0n) is 8.55. The van der Waals surface area contributed by atoms with E-state index in [0.717, 1.165) is 18.1 Å². The van der Waals surface area contributed by atoms with Crippen molar-refractivity contribution >= 4 is 17.3 Å². The molecule has 0 radical (unpaired) electrons. The van der Waals surface area contributed by atoms with Gasteiger partial charge in [-0.2, -0.15) is 0 Å². The van der Waals surface area contributed by atoms with Crippen molar-refractivity contribution in [3.8, 4) is 0 Å². The van der Waals surface area contributed by atoms with Crippen LogP contribution in [0.4, 0.5) is 5.69 Å². The highest BCUT2D eigenvalue weighted by molar-refractivity contribution is 6.31. The highest BCUT2D eigenvalue weighted by Gasteiger charge is 2.26. The lowest BCUT2D eigenvalue weighted by Gasteiger charge is -2.41. The molecule has 0 aliphatic carbocycles. The third kappa shape index (κ3) is 1.60. The summed E-state index contributed by atoms with van der Waals surface area (Å²) >= 11 is 6.07. The van der Waals surface area contributed by atoms with E-state index in [2.05, 4.69) is 23.2 Å². The molecule has 1 aliphatic rings. The van der Waals surface area contributed by atoms with Crippen LogP contribution >= 0.6 is 11.6 Å². The van der Waals surface area contributed by atoms with Crippen molar-refractivity contribution < 1.29 is 0 Å². The second-order valence-corrected chi connectivity index (χ2v) is 4.18. The first-order chi connectivity index (χ1) is 6.72. The predicted octanol–water partition coefficient (Wildman–Crippen LogP) is 2.06. The van der Waals surface area contributed by atoms with Gasteiger partial charge in [-0.3, -0.25) is 0 Å². The lowest BCUT2D eigenvalue weighted by Crippen LogP contribution is -2.57. The fraction of sp³-hybridized carbons (Fsp3) is 0.455. The normalized spacial score (nSPS) is 16.9. The Hall–Kier alpha value is -0.730. The number of likely N-dealkylation sites (N-methyl/N-ethyl adjacent to an activating group) is 1. The van der Waals surface area contributed by atoms with Gasteiger partial charge in [-0.25, -0.2) is 0 Å². The Morgan fingerprint density at radius 3 is 2.79 bits per heavy atom. The van der Waals surface area contributed by atoms with Crippen molar-refractivity contribution in [2.24, 2.45) is 0 Å². The van der Waals surface area contributed by atoms with Gasteiger partial charge < -0.3 is 10.2 Å². The zero-order valence-corrected chi connectivity index (χ0v) is 9.30. The summed E-state index contributed by atoms with van der Waals surface area (Å²) in [4.78, 5) is 2.35. The molecule has 0 bridgehead atoms. The quantitative estimate of drug-likeness (QED) is 0.804. The van der Waals surface area contributed by atoms with E-state index in [1.807, 2.05) is 19.2 Å². The van der Waals surface area contributed by atoms with Gasteiger partial charge >= 0.3 is 0 Å². The Kier molecular flexibility index (Phi) is 2.66. The smallest absolute Gasteiger partial charge is 0.0455 e. The van der Waals surface area contributed by atoms with E-state index < -0.39 is 0 Å². The summed E-state index contributed by atoms with van der Waals surface area (Å²) in [6.07, 6.45) is 0. The third-order valence-electron chi connectivity index (χ3n) is 2.87. The van der Waals surface area contributed by atoms with Gasteiger partial charge in [0.15, 0.2) is 0 Å². The average molecular weight is 211 g/mol. The van der Waals surface area contributed by atoms with Crippen LogP contribution in [0.1, 0.15) is 5.56 Å². The lowest BCUT2D eigenvalue weighted by atomic mass is 10.1. The monoisotopic (exact) mass is 210 g/mol. The first kappa shape index (κ1) is 9.81. The Morgan fingerprint density at radius 2 is 2.14 bits per heavy atom. The summed E-state index contributed by atoms with van der Waals surface area (Å²) in [6.45, 7) is 4.24. The number of rotatable bonds is 2. The van der Waals surface area contributed by atoms with Gasteiger partial charge in [0.2, 0.25) is 0 Å². The Balaban J connectivity index is 2.14. The summed E-state index contributed by atoms with van der Waals surface area (Å²) in [6, 6.07) is 6.72. The summed E-state index contributed by atoms with van der Waals surface area (Å²) in [5.74, 6) is 0. The van der Waals surface area contributed by atoms with Gasteiger partial charge in [0.25, 0.3) is 0 Å². The Bertz CT molecular complexity index is 332. The minimum atomic E-state index is 0.633. The molecule has 2 nitrogen and oxygen atoms in total. The van der Waals surface area contributed by atoms with Crippen molar-refractivity contribution in [2.45, 2.75) is 13.0 Å². The molecule has 0 aromatic heterocycles. The van der Waals surface area contributed by atoms with Crippen LogP contribution in [0.5, 0.6) is 0 Å². The van der Waals surface area contributed by atoms with Crippen LogP contribution < -0.4 is 10.2 Å². The predicted molar refractivity (Wildman–Crippen MR) is 61.2 cm³/mol. The maximum Gasteiger partial charge on any atom is 0.0455 e. The molecule has 1 fully saturated rings. The summed E-state index contributed by atoms with van der Waals surface area (Å²) in [7, 11) is 2.01. The molecular weight excluding hydrogens is 196 g/mol. The van der Waals surface area contributed by atoms with Gasteiger partial charge in [-0.05, 0) is 31.7 Å². The van der Waals surface area contributed by atoms with E-state index in [1.54, 1.807) is 0 Å². The molecule has 0 saturated carbocycles. The van der Waals surface area contributed by atoms with Crippen LogP contribution in [0.15, 0.2) is 18.2 Å². The lowest BCUT2D eigenvalue weighted by molar-refractivity contribution is 0.450. The molecular formula is C11H15ClN2. The number of hydrogen-bond donors (Lipinski definition) is 1. The van der Waals surface area contributed by atoms with Crippen molar-refractivity contribution in [2.75, 3.05) is 25.0 Å². The molecule has 76 valence electrons. The zero-order chi connectivity index (χ0) is 10.1. The average Bonchev–Trinajstić information content (AvgIpc) is 2.10. The van der Waals surface area contributed by atoms with Gasteiger partial charge in [-0.15, -0.1) is 0 Å². The highest BCUT2D eigenvalue weighted by Crippen LogP contribution is 2.29. The van der Waals surface area contributed by atoms with E-state index in [0.29, 0.717) is 6.04 Å². The maximum absolute atomic E-state index is 6.07. The van der Waals surface area contributed by atoms with Crippen molar-refractivity contribution in [3.63, 3.8) is 0 Å². The first-order valence-electron chi connectivity index (χ1n) is 4.89. The molecule has 0 atom stereocenters. The molecule has 1 aromatic carbocycles. The van der Waals surface area contributed by atoms with E-state index in [1.165, 1.54) is 11.3 Å². The number of benzene rings is 1. The van der Waals surface area contributed by atoms with Gasteiger partial charge in [0.05, 0.1) is 0 Å². The van der Waals surface area contributed by atoms with Crippen LogP contribution in [0.2, 0.25) is 5.02 Å². The van der Waals surface area contributed by atoms with Crippen molar-refractivity contribution in [1.29, 1.82) is 0 Å². The topological polar surface area (TPSA) is 15.3 Å². The highest BCUT2D eigenvalue weighted by atomic mass is 35.5. The third-order valence-corrected chi connectivity index (χ3v) is 3.28. The van der Waals surface area contributed by atoms with Crippen LogP contribution in [0, 0.1) is 6.92 Å². The largest absolute Gasteiger partial charge is 0.368 e. The molecule has 1 heterocycles. The number of nitrogens with one attached hydrogen (secondary N) is 1. The summed E-state index contributed by atoms with van der Waals surface area (Å²) in [5.41, 5.74) is 2.45. The van der Waals surface area contributed by atoms with E-state index >= 15 is 0 Å². The van der Waals surface area contributed by atoms with Crippen molar-refractivity contribution in [3.05, 3.63) is 28.8 Å². The molecule has 2 rings (SSSR count). The number of halogens is 1. The fourth-order valence-corrected chi connectivity index (χ4v) is 1.97. The van der Waals surface area contributed by atoms with E-state index in [4.69, 9.17) is 11.6 Å². The molecule has 1 aliphatic heterocycles. The molecule has 1 saturated heterocycles. The van der Waals surface area contributed by atoms with E-state index in [9.17, 15) is 0 Å². The SMILES string of the molecule is CNC1CN(c2cccc(Cl)c2C)C1. The van der Waals surface area contributed by atoms with Gasteiger partial charge in [0.1, 0.15) is 0 Å². The molecule has 0 amide bonds. The van der Waals surface area contributed by atoms with Crippen LogP contribution in [0.3, 0.4) is 0 Å². The molecule has 1 N–H and O–H groups in total. The van der Waals surface area contributed by atoms with Gasteiger partial charge in [-0.1, -0.05) is 17.7 Å². The maximum atomic E-state index is 6.07.